The molecule has 1 aromatic carbocycles. The molecule has 2 rings (SSSR count). The first-order chi connectivity index (χ1) is 8.31. The average Bonchev–Trinajstić information content (AvgIpc) is 2.38. The largest absolute Gasteiger partial charge is 0.487 e. The fourth-order valence-electron chi connectivity index (χ4n) is 1.46. The maximum absolute atomic E-state index is 5.87. The Kier molecular flexibility index (Phi) is 4.40. The van der Waals surface area contributed by atoms with Gasteiger partial charge in [0.25, 0.3) is 0 Å². The van der Waals surface area contributed by atoms with Crippen LogP contribution < -0.4 is 4.74 Å². The van der Waals surface area contributed by atoms with Crippen molar-refractivity contribution in [2.24, 2.45) is 0 Å². The van der Waals surface area contributed by atoms with Crippen molar-refractivity contribution in [3.05, 3.63) is 58.3 Å². The first-order valence-electron chi connectivity index (χ1n) is 5.16. The second-order valence-corrected chi connectivity index (χ2v) is 4.63. The summed E-state index contributed by atoms with van der Waals surface area (Å²) >= 11 is 9.33. The Bertz CT molecular complexity index is 490. The van der Waals surface area contributed by atoms with Gasteiger partial charge >= 0.3 is 0 Å². The van der Waals surface area contributed by atoms with Gasteiger partial charge in [0.15, 0.2) is 0 Å². The Morgan fingerprint density at radius 3 is 2.82 bits per heavy atom. The van der Waals surface area contributed by atoms with Crippen molar-refractivity contribution >= 4 is 27.5 Å². The number of nitrogens with zero attached hydrogens (tertiary/aromatic N) is 1. The van der Waals surface area contributed by atoms with E-state index in [9.17, 15) is 0 Å². The number of ether oxygens (including phenoxy) is 1. The maximum Gasteiger partial charge on any atom is 0.138 e. The molecule has 0 saturated heterocycles. The van der Waals surface area contributed by atoms with Crippen LogP contribution in [0.1, 0.15) is 11.1 Å². The summed E-state index contributed by atoms with van der Waals surface area (Å²) in [6.07, 6.45) is 3.53. The zero-order valence-electron chi connectivity index (χ0n) is 9.07. The van der Waals surface area contributed by atoms with E-state index < -0.39 is 0 Å². The summed E-state index contributed by atoms with van der Waals surface area (Å²) in [4.78, 5) is 4.04. The van der Waals surface area contributed by atoms with Gasteiger partial charge in [-0.3, -0.25) is 4.98 Å². The van der Waals surface area contributed by atoms with E-state index in [1.807, 2.05) is 30.3 Å². The third kappa shape index (κ3) is 3.20. The van der Waals surface area contributed by atoms with Gasteiger partial charge in [0.1, 0.15) is 12.4 Å². The highest BCUT2D eigenvalue weighted by atomic mass is 79.9. The minimum atomic E-state index is 0.432. The van der Waals surface area contributed by atoms with Gasteiger partial charge in [0, 0.05) is 23.5 Å². The second kappa shape index (κ2) is 6.03. The first kappa shape index (κ1) is 12.4. The Labute approximate surface area is 114 Å². The molecule has 2 aromatic rings. The number of halogens is 2. The number of benzene rings is 1. The lowest BCUT2D eigenvalue weighted by Crippen LogP contribution is -1.99. The molecule has 0 aliphatic rings. The highest BCUT2D eigenvalue weighted by Gasteiger charge is 2.07. The van der Waals surface area contributed by atoms with E-state index in [4.69, 9.17) is 16.3 Å². The summed E-state index contributed by atoms with van der Waals surface area (Å²) in [6.45, 7) is 0.486. The van der Waals surface area contributed by atoms with Crippen LogP contribution >= 0.6 is 27.5 Å². The molecule has 0 saturated carbocycles. The van der Waals surface area contributed by atoms with Crippen molar-refractivity contribution in [2.45, 2.75) is 12.5 Å². The van der Waals surface area contributed by atoms with Crippen LogP contribution in [0, 0.1) is 0 Å². The lowest BCUT2D eigenvalue weighted by molar-refractivity contribution is 0.301. The summed E-state index contributed by atoms with van der Waals surface area (Å²) in [5, 5.41) is 0. The molecule has 0 spiro atoms. The minimum Gasteiger partial charge on any atom is -0.487 e. The molecule has 1 aromatic heterocycles. The Hall–Kier alpha value is -1.06. The molecule has 4 heteroatoms. The normalized spacial score (nSPS) is 10.2. The number of hydrogen-bond acceptors (Lipinski definition) is 2. The molecule has 0 aliphatic carbocycles. The van der Waals surface area contributed by atoms with Gasteiger partial charge in [0.05, 0.1) is 10.4 Å². The van der Waals surface area contributed by atoms with Crippen LogP contribution in [0.2, 0.25) is 0 Å². The zero-order valence-corrected chi connectivity index (χ0v) is 11.4. The molecule has 0 radical (unpaired) electrons. The van der Waals surface area contributed by atoms with E-state index >= 15 is 0 Å². The summed E-state index contributed by atoms with van der Waals surface area (Å²) < 4.78 is 6.69. The van der Waals surface area contributed by atoms with Crippen LogP contribution in [0.4, 0.5) is 0 Å². The Balaban J connectivity index is 2.14. The van der Waals surface area contributed by atoms with Crippen molar-refractivity contribution in [1.82, 2.24) is 4.98 Å². The van der Waals surface area contributed by atoms with Crippen LogP contribution in [0.15, 0.2) is 47.2 Å². The van der Waals surface area contributed by atoms with Gasteiger partial charge in [-0.15, -0.1) is 11.6 Å². The third-order valence-electron chi connectivity index (χ3n) is 2.30. The maximum atomic E-state index is 5.87. The topological polar surface area (TPSA) is 22.1 Å². The van der Waals surface area contributed by atoms with Gasteiger partial charge in [0.2, 0.25) is 0 Å². The highest BCUT2D eigenvalue weighted by molar-refractivity contribution is 9.10. The molecular formula is C13H11BrClNO. The van der Waals surface area contributed by atoms with E-state index in [-0.39, 0.29) is 0 Å². The van der Waals surface area contributed by atoms with E-state index in [0.29, 0.717) is 12.5 Å². The van der Waals surface area contributed by atoms with Gasteiger partial charge in [-0.25, -0.2) is 0 Å². The molecule has 0 N–H and O–H groups in total. The van der Waals surface area contributed by atoms with Gasteiger partial charge in [-0.05, 0) is 28.1 Å². The van der Waals surface area contributed by atoms with Crippen molar-refractivity contribution in [3.63, 3.8) is 0 Å². The third-order valence-corrected chi connectivity index (χ3v) is 3.21. The zero-order chi connectivity index (χ0) is 12.1. The predicted octanol–water partition coefficient (Wildman–Crippen LogP) is 4.16. The van der Waals surface area contributed by atoms with Crippen LogP contribution in [-0.2, 0) is 12.5 Å². The molecular weight excluding hydrogens is 302 g/mol. The van der Waals surface area contributed by atoms with Crippen LogP contribution in [0.3, 0.4) is 0 Å². The quantitative estimate of drug-likeness (QED) is 0.791. The SMILES string of the molecule is ClCc1cccc(Br)c1OCc1cccnc1. The molecule has 88 valence electrons. The van der Waals surface area contributed by atoms with Gasteiger partial charge in [-0.1, -0.05) is 18.2 Å². The van der Waals surface area contributed by atoms with Crippen molar-refractivity contribution in [3.8, 4) is 5.75 Å². The van der Waals surface area contributed by atoms with Crippen molar-refractivity contribution in [1.29, 1.82) is 0 Å². The second-order valence-electron chi connectivity index (χ2n) is 3.51. The van der Waals surface area contributed by atoms with Gasteiger partial charge < -0.3 is 4.74 Å². The van der Waals surface area contributed by atoms with Gasteiger partial charge in [-0.2, -0.15) is 0 Å². The lowest BCUT2D eigenvalue weighted by atomic mass is 10.2. The summed E-state index contributed by atoms with van der Waals surface area (Å²) in [7, 11) is 0. The van der Waals surface area contributed by atoms with Crippen LogP contribution in [0.25, 0.3) is 0 Å². The number of alkyl halides is 1. The van der Waals surface area contributed by atoms with Crippen molar-refractivity contribution in [2.75, 3.05) is 0 Å². The molecule has 2 nitrogen and oxygen atoms in total. The smallest absolute Gasteiger partial charge is 0.138 e. The minimum absolute atomic E-state index is 0.432. The monoisotopic (exact) mass is 311 g/mol. The number of rotatable bonds is 4. The Morgan fingerprint density at radius 1 is 1.24 bits per heavy atom. The van der Waals surface area contributed by atoms with E-state index in [1.165, 1.54) is 0 Å². The lowest BCUT2D eigenvalue weighted by Gasteiger charge is -2.11. The molecule has 0 aliphatic heterocycles. The molecule has 0 atom stereocenters. The number of para-hydroxylation sites is 1. The highest BCUT2D eigenvalue weighted by Crippen LogP contribution is 2.30. The van der Waals surface area contributed by atoms with Crippen LogP contribution in [-0.4, -0.2) is 4.98 Å². The predicted molar refractivity (Wildman–Crippen MR) is 72.3 cm³/mol. The number of aromatic nitrogens is 1. The summed E-state index contributed by atoms with van der Waals surface area (Å²) in [6, 6.07) is 9.70. The molecule has 1 heterocycles. The molecule has 0 amide bonds. The summed E-state index contributed by atoms with van der Waals surface area (Å²) in [5.74, 6) is 1.23. The number of pyridine rings is 1. The molecule has 0 fully saturated rings. The molecule has 17 heavy (non-hydrogen) atoms. The fraction of sp³-hybridized carbons (Fsp3) is 0.154. The number of hydrogen-bond donors (Lipinski definition) is 0. The average molecular weight is 313 g/mol. The summed E-state index contributed by atoms with van der Waals surface area (Å²) in [5.41, 5.74) is 2.01. The first-order valence-corrected chi connectivity index (χ1v) is 6.49. The van der Waals surface area contributed by atoms with E-state index in [1.54, 1.807) is 12.4 Å². The van der Waals surface area contributed by atoms with E-state index in [0.717, 1.165) is 21.3 Å². The van der Waals surface area contributed by atoms with Crippen molar-refractivity contribution < 1.29 is 4.74 Å². The van der Waals surface area contributed by atoms with E-state index in [2.05, 4.69) is 20.9 Å². The van der Waals surface area contributed by atoms with Crippen LogP contribution in [0.5, 0.6) is 5.75 Å². The molecule has 0 unspecified atom stereocenters. The Morgan fingerprint density at radius 2 is 2.12 bits per heavy atom. The molecule has 0 bridgehead atoms. The standard InChI is InChI=1S/C13H11BrClNO/c14-12-5-1-4-11(7-15)13(12)17-9-10-3-2-6-16-8-10/h1-6,8H,7,9H2. The fourth-order valence-corrected chi connectivity index (χ4v) is 2.19.